The molecule has 3 heteroatoms. The van der Waals surface area contributed by atoms with Gasteiger partial charge in [-0.1, -0.05) is 13.8 Å². The van der Waals surface area contributed by atoms with Crippen LogP contribution in [0, 0.1) is 0 Å². The fraction of sp³-hybridized carbons (Fsp3) is 0.273. The van der Waals surface area contributed by atoms with Crippen molar-refractivity contribution >= 4 is 10.9 Å². The summed E-state index contributed by atoms with van der Waals surface area (Å²) in [7, 11) is 0. The molecule has 0 spiro atoms. The van der Waals surface area contributed by atoms with Crippen LogP contribution in [0.5, 0.6) is 5.75 Å². The molecule has 3 nitrogen and oxygen atoms in total. The smallest absolute Gasteiger partial charge is 0.138 e. The molecule has 0 amide bonds. The van der Waals surface area contributed by atoms with Crippen molar-refractivity contribution in [3.8, 4) is 5.75 Å². The Morgan fingerprint density at radius 3 is 2.86 bits per heavy atom. The van der Waals surface area contributed by atoms with Crippen LogP contribution in [0.3, 0.4) is 0 Å². The SMILES string of the molecule is CC(C)c1nc2ccncc2cc1O. The van der Waals surface area contributed by atoms with Gasteiger partial charge in [0.1, 0.15) is 5.75 Å². The molecule has 0 aliphatic rings. The third kappa shape index (κ3) is 1.41. The summed E-state index contributed by atoms with van der Waals surface area (Å²) in [5.74, 6) is 0.480. The van der Waals surface area contributed by atoms with E-state index in [1.165, 1.54) is 0 Å². The second-order valence-electron chi connectivity index (χ2n) is 3.62. The summed E-state index contributed by atoms with van der Waals surface area (Å²) in [6.45, 7) is 4.02. The molecule has 0 radical (unpaired) electrons. The number of fused-ring (bicyclic) bond motifs is 1. The molecule has 2 heterocycles. The monoisotopic (exact) mass is 188 g/mol. The highest BCUT2D eigenvalue weighted by molar-refractivity contribution is 5.79. The maximum absolute atomic E-state index is 9.69. The van der Waals surface area contributed by atoms with Gasteiger partial charge in [-0.15, -0.1) is 0 Å². The third-order valence-corrected chi connectivity index (χ3v) is 2.17. The first-order chi connectivity index (χ1) is 6.68. The highest BCUT2D eigenvalue weighted by Crippen LogP contribution is 2.26. The molecule has 0 aliphatic carbocycles. The lowest BCUT2D eigenvalue weighted by Crippen LogP contribution is -1.94. The molecule has 0 bridgehead atoms. The maximum Gasteiger partial charge on any atom is 0.138 e. The van der Waals surface area contributed by atoms with Gasteiger partial charge in [-0.3, -0.25) is 4.98 Å². The summed E-state index contributed by atoms with van der Waals surface area (Å²) in [5, 5.41) is 10.6. The normalized spacial score (nSPS) is 11.1. The number of hydrogen-bond acceptors (Lipinski definition) is 3. The lowest BCUT2D eigenvalue weighted by molar-refractivity contribution is 0.461. The molecule has 0 saturated carbocycles. The van der Waals surface area contributed by atoms with Crippen molar-refractivity contribution in [2.24, 2.45) is 0 Å². The largest absolute Gasteiger partial charge is 0.506 e. The van der Waals surface area contributed by atoms with Crippen molar-refractivity contribution in [3.05, 3.63) is 30.2 Å². The number of nitrogens with zero attached hydrogens (tertiary/aromatic N) is 2. The Morgan fingerprint density at radius 2 is 2.14 bits per heavy atom. The van der Waals surface area contributed by atoms with Crippen LogP contribution in [-0.4, -0.2) is 15.1 Å². The minimum Gasteiger partial charge on any atom is -0.506 e. The van der Waals surface area contributed by atoms with Gasteiger partial charge in [-0.05, 0) is 18.1 Å². The summed E-state index contributed by atoms with van der Waals surface area (Å²) >= 11 is 0. The van der Waals surface area contributed by atoms with Gasteiger partial charge in [0.15, 0.2) is 0 Å². The standard InChI is InChI=1S/C11H12N2O/c1-7(2)11-10(14)5-8-6-12-4-3-9(8)13-11/h3-7,14H,1-2H3. The van der Waals surface area contributed by atoms with E-state index in [1.54, 1.807) is 18.5 Å². The van der Waals surface area contributed by atoms with Gasteiger partial charge in [0.25, 0.3) is 0 Å². The van der Waals surface area contributed by atoms with E-state index in [2.05, 4.69) is 9.97 Å². The van der Waals surface area contributed by atoms with Gasteiger partial charge < -0.3 is 5.11 Å². The van der Waals surface area contributed by atoms with Crippen LogP contribution in [0.4, 0.5) is 0 Å². The van der Waals surface area contributed by atoms with Crippen LogP contribution in [0.15, 0.2) is 24.5 Å². The zero-order valence-electron chi connectivity index (χ0n) is 8.23. The average molecular weight is 188 g/mol. The van der Waals surface area contributed by atoms with Crippen LogP contribution in [-0.2, 0) is 0 Å². The highest BCUT2D eigenvalue weighted by Gasteiger charge is 2.08. The predicted molar refractivity (Wildman–Crippen MR) is 55.3 cm³/mol. The van der Waals surface area contributed by atoms with Crippen LogP contribution >= 0.6 is 0 Å². The zero-order valence-corrected chi connectivity index (χ0v) is 8.23. The molecule has 2 aromatic heterocycles. The molecular formula is C11H12N2O. The molecule has 14 heavy (non-hydrogen) atoms. The van der Waals surface area contributed by atoms with E-state index in [0.29, 0.717) is 0 Å². The van der Waals surface area contributed by atoms with Gasteiger partial charge in [0, 0.05) is 17.8 Å². The summed E-state index contributed by atoms with van der Waals surface area (Å²) in [6.07, 6.45) is 3.41. The van der Waals surface area contributed by atoms with E-state index < -0.39 is 0 Å². The molecule has 2 rings (SSSR count). The second kappa shape index (κ2) is 3.25. The van der Waals surface area contributed by atoms with Gasteiger partial charge >= 0.3 is 0 Å². The molecular weight excluding hydrogens is 176 g/mol. The van der Waals surface area contributed by atoms with E-state index in [9.17, 15) is 5.11 Å². The van der Waals surface area contributed by atoms with Crippen molar-refractivity contribution in [1.29, 1.82) is 0 Å². The Bertz CT molecular complexity index is 466. The molecule has 0 aliphatic heterocycles. The quantitative estimate of drug-likeness (QED) is 0.747. The third-order valence-electron chi connectivity index (χ3n) is 2.17. The molecule has 0 unspecified atom stereocenters. The summed E-state index contributed by atoms with van der Waals surface area (Å²) in [4.78, 5) is 8.36. The number of rotatable bonds is 1. The Morgan fingerprint density at radius 1 is 1.36 bits per heavy atom. The Kier molecular flexibility index (Phi) is 2.08. The van der Waals surface area contributed by atoms with Crippen molar-refractivity contribution in [2.45, 2.75) is 19.8 Å². The molecule has 0 saturated heterocycles. The van der Waals surface area contributed by atoms with E-state index >= 15 is 0 Å². The van der Waals surface area contributed by atoms with E-state index in [-0.39, 0.29) is 11.7 Å². The minimum atomic E-state index is 0.229. The number of aromatic nitrogens is 2. The average Bonchev–Trinajstić information content (AvgIpc) is 2.16. The Labute approximate surface area is 82.4 Å². The first kappa shape index (κ1) is 8.94. The Balaban J connectivity index is 2.71. The topological polar surface area (TPSA) is 46.0 Å². The van der Waals surface area contributed by atoms with Gasteiger partial charge in [0.2, 0.25) is 0 Å². The highest BCUT2D eigenvalue weighted by atomic mass is 16.3. The second-order valence-corrected chi connectivity index (χ2v) is 3.62. The first-order valence-electron chi connectivity index (χ1n) is 4.62. The minimum absolute atomic E-state index is 0.229. The molecule has 72 valence electrons. The van der Waals surface area contributed by atoms with Crippen LogP contribution in [0.25, 0.3) is 10.9 Å². The fourth-order valence-corrected chi connectivity index (χ4v) is 1.45. The number of pyridine rings is 2. The Hall–Kier alpha value is -1.64. The van der Waals surface area contributed by atoms with Gasteiger partial charge in [-0.2, -0.15) is 0 Å². The fourth-order valence-electron chi connectivity index (χ4n) is 1.45. The molecule has 2 aromatic rings. The van der Waals surface area contributed by atoms with E-state index in [0.717, 1.165) is 16.6 Å². The van der Waals surface area contributed by atoms with Crippen LogP contribution in [0.2, 0.25) is 0 Å². The maximum atomic E-state index is 9.69. The number of aromatic hydroxyl groups is 1. The molecule has 1 N–H and O–H groups in total. The van der Waals surface area contributed by atoms with E-state index in [1.807, 2.05) is 19.9 Å². The zero-order chi connectivity index (χ0) is 10.1. The summed E-state index contributed by atoms with van der Waals surface area (Å²) < 4.78 is 0. The summed E-state index contributed by atoms with van der Waals surface area (Å²) in [6, 6.07) is 3.56. The lowest BCUT2D eigenvalue weighted by Gasteiger charge is -2.08. The van der Waals surface area contributed by atoms with E-state index in [4.69, 9.17) is 0 Å². The van der Waals surface area contributed by atoms with Crippen LogP contribution in [0.1, 0.15) is 25.5 Å². The van der Waals surface area contributed by atoms with Crippen molar-refractivity contribution in [3.63, 3.8) is 0 Å². The molecule has 0 fully saturated rings. The van der Waals surface area contributed by atoms with Crippen LogP contribution < -0.4 is 0 Å². The summed E-state index contributed by atoms with van der Waals surface area (Å²) in [5.41, 5.74) is 1.62. The van der Waals surface area contributed by atoms with Crippen molar-refractivity contribution in [2.75, 3.05) is 0 Å². The van der Waals surface area contributed by atoms with Gasteiger partial charge in [0.05, 0.1) is 11.2 Å². The predicted octanol–water partition coefficient (Wildman–Crippen LogP) is 2.46. The number of hydrogen-bond donors (Lipinski definition) is 1. The molecule has 0 aromatic carbocycles. The molecule has 0 atom stereocenters. The van der Waals surface area contributed by atoms with Gasteiger partial charge in [-0.25, -0.2) is 4.98 Å². The van der Waals surface area contributed by atoms with Crippen molar-refractivity contribution in [1.82, 2.24) is 9.97 Å². The first-order valence-corrected chi connectivity index (χ1v) is 4.62. The van der Waals surface area contributed by atoms with Crippen molar-refractivity contribution < 1.29 is 5.11 Å². The lowest BCUT2D eigenvalue weighted by atomic mass is 10.1.